The zero-order valence-corrected chi connectivity index (χ0v) is 12.7. The van der Waals surface area contributed by atoms with Crippen LogP contribution in [-0.4, -0.2) is 26.7 Å². The van der Waals surface area contributed by atoms with E-state index < -0.39 is 0 Å². The fourth-order valence-corrected chi connectivity index (χ4v) is 1.99. The molecule has 1 aromatic heterocycles. The van der Waals surface area contributed by atoms with Gasteiger partial charge >= 0.3 is 0 Å². The Kier molecular flexibility index (Phi) is 5.82. The van der Waals surface area contributed by atoms with Crippen molar-refractivity contribution >= 4 is 5.96 Å². The first kappa shape index (κ1) is 15.9. The predicted molar refractivity (Wildman–Crippen MR) is 83.6 cm³/mol. The van der Waals surface area contributed by atoms with Gasteiger partial charge in [-0.2, -0.15) is 0 Å². The van der Waals surface area contributed by atoms with Crippen molar-refractivity contribution in [2.24, 2.45) is 4.99 Å². The number of aliphatic imine (C=N–C) groups is 1. The number of hydrogen-bond acceptors (Lipinski definition) is 3. The summed E-state index contributed by atoms with van der Waals surface area (Å²) >= 11 is 0. The third-order valence-electron chi connectivity index (χ3n) is 3.16. The van der Waals surface area contributed by atoms with Gasteiger partial charge in [-0.25, -0.2) is 4.39 Å². The molecule has 118 valence electrons. The van der Waals surface area contributed by atoms with Crippen LogP contribution in [0.5, 0.6) is 5.75 Å². The van der Waals surface area contributed by atoms with Crippen molar-refractivity contribution < 1.29 is 13.5 Å². The maximum Gasteiger partial charge on any atom is 0.191 e. The monoisotopic (exact) mass is 305 g/mol. The standard InChI is InChI=1S/C16H20FN3O2/c1-18-16(20-11-13-4-3-9-22-13)19-8-7-12-5-6-14(17)15(10-12)21-2/h3-6,9-10H,7-8,11H2,1-2H3,(H2,18,19,20). The van der Waals surface area contributed by atoms with Crippen molar-refractivity contribution in [1.29, 1.82) is 0 Å². The van der Waals surface area contributed by atoms with E-state index in [0.717, 1.165) is 17.7 Å². The van der Waals surface area contributed by atoms with Crippen molar-refractivity contribution in [2.75, 3.05) is 20.7 Å². The molecule has 0 aliphatic carbocycles. The van der Waals surface area contributed by atoms with Crippen molar-refractivity contribution in [1.82, 2.24) is 10.6 Å². The molecule has 2 aromatic rings. The molecule has 0 atom stereocenters. The lowest BCUT2D eigenvalue weighted by molar-refractivity contribution is 0.386. The number of nitrogens with one attached hydrogen (secondary N) is 2. The van der Waals surface area contributed by atoms with E-state index in [0.29, 0.717) is 19.0 Å². The lowest BCUT2D eigenvalue weighted by atomic mass is 10.1. The summed E-state index contributed by atoms with van der Waals surface area (Å²) in [7, 11) is 3.17. The molecule has 0 bridgehead atoms. The molecule has 6 heteroatoms. The van der Waals surface area contributed by atoms with E-state index >= 15 is 0 Å². The molecule has 5 nitrogen and oxygen atoms in total. The summed E-state index contributed by atoms with van der Waals surface area (Å²) in [6, 6.07) is 8.60. The summed E-state index contributed by atoms with van der Waals surface area (Å²) < 4.78 is 23.5. The highest BCUT2D eigenvalue weighted by atomic mass is 19.1. The molecule has 0 saturated heterocycles. The van der Waals surface area contributed by atoms with E-state index in [9.17, 15) is 4.39 Å². The smallest absolute Gasteiger partial charge is 0.191 e. The Hall–Kier alpha value is -2.50. The average Bonchev–Trinajstić information content (AvgIpc) is 3.05. The normalized spacial score (nSPS) is 11.3. The molecule has 0 saturated carbocycles. The van der Waals surface area contributed by atoms with Gasteiger partial charge in [-0.1, -0.05) is 6.07 Å². The molecule has 22 heavy (non-hydrogen) atoms. The largest absolute Gasteiger partial charge is 0.494 e. The van der Waals surface area contributed by atoms with Crippen LogP contribution in [0.1, 0.15) is 11.3 Å². The van der Waals surface area contributed by atoms with Gasteiger partial charge in [-0.3, -0.25) is 4.99 Å². The predicted octanol–water partition coefficient (Wildman–Crippen LogP) is 2.33. The van der Waals surface area contributed by atoms with Gasteiger partial charge in [0, 0.05) is 13.6 Å². The van der Waals surface area contributed by atoms with E-state index in [1.165, 1.54) is 13.2 Å². The molecule has 1 aromatic carbocycles. The zero-order valence-electron chi connectivity index (χ0n) is 12.7. The lowest BCUT2D eigenvalue weighted by Crippen LogP contribution is -2.37. The first-order valence-electron chi connectivity index (χ1n) is 7.02. The third kappa shape index (κ3) is 4.51. The number of rotatable bonds is 6. The fraction of sp³-hybridized carbons (Fsp3) is 0.312. The lowest BCUT2D eigenvalue weighted by Gasteiger charge is -2.11. The molecule has 1 heterocycles. The Balaban J connectivity index is 1.79. The van der Waals surface area contributed by atoms with Crippen molar-refractivity contribution in [2.45, 2.75) is 13.0 Å². The van der Waals surface area contributed by atoms with Crippen LogP contribution < -0.4 is 15.4 Å². The summed E-state index contributed by atoms with van der Waals surface area (Å²) in [6.45, 7) is 1.24. The Bertz CT molecular complexity index is 612. The molecule has 0 aliphatic heterocycles. The van der Waals surface area contributed by atoms with E-state index in [2.05, 4.69) is 15.6 Å². The third-order valence-corrected chi connectivity index (χ3v) is 3.16. The van der Waals surface area contributed by atoms with Gasteiger partial charge in [0.05, 0.1) is 19.9 Å². The molecule has 0 fully saturated rings. The first-order valence-corrected chi connectivity index (χ1v) is 7.02. The molecule has 0 spiro atoms. The van der Waals surface area contributed by atoms with Crippen molar-refractivity contribution in [3.63, 3.8) is 0 Å². The van der Waals surface area contributed by atoms with E-state index in [-0.39, 0.29) is 11.6 Å². The van der Waals surface area contributed by atoms with Crippen LogP contribution >= 0.6 is 0 Å². The van der Waals surface area contributed by atoms with E-state index in [4.69, 9.17) is 9.15 Å². The summed E-state index contributed by atoms with van der Waals surface area (Å²) in [5, 5.41) is 6.35. The molecular formula is C16H20FN3O2. The second-order valence-electron chi connectivity index (χ2n) is 4.65. The Morgan fingerprint density at radius 3 is 2.86 bits per heavy atom. The molecule has 0 aliphatic rings. The number of ether oxygens (including phenoxy) is 1. The number of halogens is 1. The summed E-state index contributed by atoms with van der Waals surface area (Å²) in [6.07, 6.45) is 2.37. The van der Waals surface area contributed by atoms with E-state index in [1.807, 2.05) is 12.1 Å². The Labute approximate surface area is 129 Å². The molecule has 0 unspecified atom stereocenters. The van der Waals surface area contributed by atoms with Gasteiger partial charge in [0.25, 0.3) is 0 Å². The van der Waals surface area contributed by atoms with Gasteiger partial charge < -0.3 is 19.8 Å². The fourth-order valence-electron chi connectivity index (χ4n) is 1.99. The maximum atomic E-state index is 13.3. The molecule has 0 radical (unpaired) electrons. The summed E-state index contributed by atoms with van der Waals surface area (Å²) in [4.78, 5) is 4.13. The maximum absolute atomic E-state index is 13.3. The van der Waals surface area contributed by atoms with Gasteiger partial charge in [-0.05, 0) is 36.2 Å². The Morgan fingerprint density at radius 1 is 1.32 bits per heavy atom. The van der Waals surface area contributed by atoms with Crippen LogP contribution in [0.3, 0.4) is 0 Å². The zero-order chi connectivity index (χ0) is 15.8. The highest BCUT2D eigenvalue weighted by Gasteiger charge is 2.04. The Morgan fingerprint density at radius 2 is 2.18 bits per heavy atom. The molecule has 0 amide bonds. The van der Waals surface area contributed by atoms with Crippen LogP contribution in [-0.2, 0) is 13.0 Å². The van der Waals surface area contributed by atoms with Crippen LogP contribution in [0.15, 0.2) is 46.0 Å². The summed E-state index contributed by atoms with van der Waals surface area (Å²) in [5.41, 5.74) is 0.993. The first-order chi connectivity index (χ1) is 10.7. The topological polar surface area (TPSA) is 58.8 Å². The number of furan rings is 1. The second-order valence-corrected chi connectivity index (χ2v) is 4.65. The number of nitrogens with zero attached hydrogens (tertiary/aromatic N) is 1. The minimum atomic E-state index is -0.352. The average molecular weight is 305 g/mol. The van der Waals surface area contributed by atoms with Crippen LogP contribution in [0.25, 0.3) is 0 Å². The molecular weight excluding hydrogens is 285 g/mol. The number of hydrogen-bond donors (Lipinski definition) is 2. The minimum Gasteiger partial charge on any atom is -0.494 e. The highest BCUT2D eigenvalue weighted by Crippen LogP contribution is 2.18. The van der Waals surface area contributed by atoms with Crippen molar-refractivity contribution in [3.8, 4) is 5.75 Å². The number of guanidine groups is 1. The summed E-state index contributed by atoms with van der Waals surface area (Å²) in [5.74, 6) is 1.43. The van der Waals surface area contributed by atoms with Crippen LogP contribution in [0, 0.1) is 5.82 Å². The van der Waals surface area contributed by atoms with Crippen molar-refractivity contribution in [3.05, 3.63) is 53.7 Å². The van der Waals surface area contributed by atoms with Crippen LogP contribution in [0.4, 0.5) is 4.39 Å². The van der Waals surface area contributed by atoms with Crippen LogP contribution in [0.2, 0.25) is 0 Å². The SMILES string of the molecule is CN=C(NCCc1ccc(F)c(OC)c1)NCc1ccco1. The second kappa shape index (κ2) is 8.07. The van der Waals surface area contributed by atoms with Gasteiger partial charge in [0.1, 0.15) is 5.76 Å². The molecule has 2 rings (SSSR count). The van der Waals surface area contributed by atoms with Gasteiger partial charge in [-0.15, -0.1) is 0 Å². The highest BCUT2D eigenvalue weighted by molar-refractivity contribution is 5.79. The number of benzene rings is 1. The van der Waals surface area contributed by atoms with Gasteiger partial charge in [0.15, 0.2) is 17.5 Å². The van der Waals surface area contributed by atoms with E-state index in [1.54, 1.807) is 25.4 Å². The quantitative estimate of drug-likeness (QED) is 0.635. The van der Waals surface area contributed by atoms with Gasteiger partial charge in [0.2, 0.25) is 0 Å². The molecule has 2 N–H and O–H groups in total. The number of methoxy groups -OCH3 is 1. The minimum absolute atomic E-state index is 0.262.